The summed E-state index contributed by atoms with van der Waals surface area (Å²) in [6.07, 6.45) is -16.3. The smallest absolute Gasteiger partial charge is 0.237 e. The number of nitrogens with one attached hydrogen (secondary N) is 4. The molecular formula is C40H74N6O19. The average molecular weight is 943 g/mol. The van der Waals surface area contributed by atoms with E-state index in [0.29, 0.717) is 38.8 Å². The van der Waals surface area contributed by atoms with Crippen molar-refractivity contribution in [2.24, 2.45) is 5.73 Å². The van der Waals surface area contributed by atoms with Gasteiger partial charge in [0.1, 0.15) is 54.9 Å². The monoisotopic (exact) mass is 943 g/mol. The molecule has 3 saturated heterocycles. The van der Waals surface area contributed by atoms with Crippen molar-refractivity contribution in [3.63, 3.8) is 0 Å². The van der Waals surface area contributed by atoms with Gasteiger partial charge in [-0.3, -0.25) is 24.1 Å². The second kappa shape index (κ2) is 29.2. The van der Waals surface area contributed by atoms with E-state index in [9.17, 15) is 65.1 Å². The Balaban J connectivity index is 1.69. The first-order valence-electron chi connectivity index (χ1n) is 22.3. The van der Waals surface area contributed by atoms with Crippen LogP contribution < -0.4 is 27.0 Å². The number of carbonyl (C=O) groups is 4. The van der Waals surface area contributed by atoms with Gasteiger partial charge in [-0.25, -0.2) is 0 Å². The second-order valence-corrected chi connectivity index (χ2v) is 16.5. The van der Waals surface area contributed by atoms with Crippen LogP contribution in [0.2, 0.25) is 0 Å². The van der Waals surface area contributed by atoms with Crippen molar-refractivity contribution >= 4 is 23.6 Å². The predicted octanol–water partition coefficient (Wildman–Crippen LogP) is -6.66. The standard InChI is InChI=1S/C40H74N6O19/c1-21-28(50)31(53)34(56)38(63-21)60-16-13-43-26(48)19-46(20-27(49)44-14-17-61-39-35(57)32(54)29(51)22(2)64-39)24(9-6-8-12-42-25(47)10-5-4-7-11-41)37(59)45-15-18-62-40-36(58)33(55)30(52)23(3)65-40/h21-24,28-36,38-40,50-58H,4-20,41H2,1-3H3,(H,42,47)(H,43,48)(H,44,49)(H,45,59)/t21-,22-,23-,24?,28+,29+,30+,31+,32+,33+,34-,35-,36-,38-,39+,40+/m0/s1. The zero-order chi connectivity index (χ0) is 48.2. The van der Waals surface area contributed by atoms with Gasteiger partial charge < -0.3 is 101 Å². The van der Waals surface area contributed by atoms with Gasteiger partial charge in [-0.15, -0.1) is 0 Å². The SMILES string of the molecule is C[C@@H]1O[C@@H](OCCNC(=O)CN(CC(=O)NCCO[C@H]2O[C@@H](C)[C@@H](O)[C@@H](O)[C@@H]2O)C(CCCCNC(=O)CCCCCN)C(=O)NCCO[C@@H]2O[C@@H](C)[C@@H](O)[C@@H](O)[C@@H]2O)[C@@H](O)[C@H](O)[C@@H]1O. The number of nitrogens with zero attached hydrogens (tertiary/aromatic N) is 1. The van der Waals surface area contributed by atoms with Crippen molar-refractivity contribution in [1.82, 2.24) is 26.2 Å². The number of aliphatic hydroxyl groups excluding tert-OH is 9. The zero-order valence-corrected chi connectivity index (χ0v) is 37.4. The van der Waals surface area contributed by atoms with Gasteiger partial charge in [-0.2, -0.15) is 0 Å². The highest BCUT2D eigenvalue weighted by atomic mass is 16.7. The Kier molecular flexibility index (Phi) is 25.4. The van der Waals surface area contributed by atoms with Crippen LogP contribution in [0.15, 0.2) is 0 Å². The molecule has 1 unspecified atom stereocenters. The van der Waals surface area contributed by atoms with Gasteiger partial charge in [-0.05, 0) is 59.4 Å². The van der Waals surface area contributed by atoms with Crippen LogP contribution >= 0.6 is 0 Å². The average Bonchev–Trinajstić information content (AvgIpc) is 3.27. The van der Waals surface area contributed by atoms with Gasteiger partial charge in [0, 0.05) is 32.6 Å². The molecule has 0 saturated carbocycles. The Bertz CT molecular complexity index is 1370. The molecule has 0 aromatic heterocycles. The lowest BCUT2D eigenvalue weighted by molar-refractivity contribution is -0.292. The lowest BCUT2D eigenvalue weighted by Gasteiger charge is -2.39. The highest BCUT2D eigenvalue weighted by molar-refractivity contribution is 5.86. The largest absolute Gasteiger partial charge is 0.388 e. The molecule has 0 radical (unpaired) electrons. The molecule has 3 rings (SSSR count). The summed E-state index contributed by atoms with van der Waals surface area (Å²) in [5.74, 6) is -2.03. The Morgan fingerprint density at radius 3 is 1.32 bits per heavy atom. The highest BCUT2D eigenvalue weighted by Gasteiger charge is 2.44. The molecule has 3 heterocycles. The quantitative estimate of drug-likeness (QED) is 0.0324. The summed E-state index contributed by atoms with van der Waals surface area (Å²) in [6, 6.07) is -1.13. The summed E-state index contributed by atoms with van der Waals surface area (Å²) in [5, 5.41) is 102. The first kappa shape index (κ1) is 56.5. The maximum Gasteiger partial charge on any atom is 0.237 e. The van der Waals surface area contributed by atoms with Gasteiger partial charge in [0.15, 0.2) is 18.9 Å². The second-order valence-electron chi connectivity index (χ2n) is 16.5. The van der Waals surface area contributed by atoms with E-state index in [1.807, 2.05) is 0 Å². The first-order valence-corrected chi connectivity index (χ1v) is 22.3. The van der Waals surface area contributed by atoms with Crippen molar-refractivity contribution in [1.29, 1.82) is 0 Å². The Morgan fingerprint density at radius 2 is 0.908 bits per heavy atom. The summed E-state index contributed by atoms with van der Waals surface area (Å²) in [4.78, 5) is 54.4. The summed E-state index contributed by atoms with van der Waals surface area (Å²) in [5.41, 5.74) is 5.52. The molecule has 25 heteroatoms. The third-order valence-electron chi connectivity index (χ3n) is 11.3. The van der Waals surface area contributed by atoms with Crippen LogP contribution in [0, 0.1) is 0 Å². The van der Waals surface area contributed by atoms with Gasteiger partial charge in [0.25, 0.3) is 0 Å². The van der Waals surface area contributed by atoms with E-state index in [4.69, 9.17) is 34.2 Å². The molecule has 0 aromatic rings. The minimum Gasteiger partial charge on any atom is -0.388 e. The van der Waals surface area contributed by atoms with E-state index in [1.165, 1.54) is 25.7 Å². The predicted molar refractivity (Wildman–Crippen MR) is 224 cm³/mol. The lowest BCUT2D eigenvalue weighted by atomic mass is 10.0. The zero-order valence-electron chi connectivity index (χ0n) is 37.4. The van der Waals surface area contributed by atoms with E-state index in [0.717, 1.165) is 12.8 Å². The van der Waals surface area contributed by atoms with Crippen LogP contribution in [-0.4, -0.2) is 238 Å². The fraction of sp³-hybridized carbons (Fsp3) is 0.900. The third kappa shape index (κ3) is 18.3. The van der Waals surface area contributed by atoms with Crippen molar-refractivity contribution in [2.75, 3.05) is 65.6 Å². The number of carbonyl (C=O) groups excluding carboxylic acids is 4. The molecule has 0 aromatic carbocycles. The summed E-state index contributed by atoms with van der Waals surface area (Å²) in [7, 11) is 0. The molecule has 4 amide bonds. The molecule has 65 heavy (non-hydrogen) atoms. The number of unbranched alkanes of at least 4 members (excludes halogenated alkanes) is 3. The molecule has 3 aliphatic rings. The molecule has 25 nitrogen and oxygen atoms in total. The Morgan fingerprint density at radius 1 is 0.508 bits per heavy atom. The Hall–Kier alpha value is -2.80. The molecule has 3 fully saturated rings. The minimum absolute atomic E-state index is 0.102. The number of amides is 4. The van der Waals surface area contributed by atoms with Gasteiger partial charge in [0.05, 0.1) is 57.3 Å². The highest BCUT2D eigenvalue weighted by Crippen LogP contribution is 2.24. The molecule has 15 N–H and O–H groups in total. The Labute approximate surface area is 378 Å². The van der Waals surface area contributed by atoms with Crippen molar-refractivity contribution in [2.45, 2.75) is 164 Å². The van der Waals surface area contributed by atoms with Gasteiger partial charge in [-0.1, -0.05) is 6.42 Å². The third-order valence-corrected chi connectivity index (χ3v) is 11.3. The molecule has 3 aliphatic heterocycles. The van der Waals surface area contributed by atoms with E-state index in [-0.39, 0.29) is 51.8 Å². The van der Waals surface area contributed by atoms with E-state index < -0.39 is 129 Å². The summed E-state index contributed by atoms with van der Waals surface area (Å²) in [6.45, 7) is 3.28. The van der Waals surface area contributed by atoms with Gasteiger partial charge in [0.2, 0.25) is 23.6 Å². The van der Waals surface area contributed by atoms with Crippen molar-refractivity contribution in [3.8, 4) is 0 Å². The maximum absolute atomic E-state index is 13.9. The molecule has 0 spiro atoms. The topological polar surface area (TPSA) is 383 Å². The van der Waals surface area contributed by atoms with E-state index in [1.54, 1.807) is 0 Å². The summed E-state index contributed by atoms with van der Waals surface area (Å²) < 4.78 is 32.8. The van der Waals surface area contributed by atoms with E-state index >= 15 is 0 Å². The van der Waals surface area contributed by atoms with Gasteiger partial charge >= 0.3 is 0 Å². The lowest BCUT2D eigenvalue weighted by Crippen LogP contribution is -2.58. The van der Waals surface area contributed by atoms with E-state index in [2.05, 4.69) is 21.3 Å². The van der Waals surface area contributed by atoms with Crippen LogP contribution in [0.4, 0.5) is 0 Å². The minimum atomic E-state index is -1.58. The fourth-order valence-corrected chi connectivity index (χ4v) is 7.27. The normalized spacial score (nSPS) is 33.3. The number of hydrogen-bond acceptors (Lipinski definition) is 21. The number of nitrogens with two attached hydrogens (primary N) is 1. The van der Waals surface area contributed by atoms with Crippen LogP contribution in [0.5, 0.6) is 0 Å². The van der Waals surface area contributed by atoms with Crippen LogP contribution in [0.1, 0.15) is 65.7 Å². The molecule has 0 aliphatic carbocycles. The molecule has 0 bridgehead atoms. The van der Waals surface area contributed by atoms with Crippen molar-refractivity contribution < 1.29 is 93.6 Å². The number of aliphatic hydroxyl groups is 9. The molecule has 378 valence electrons. The maximum atomic E-state index is 13.9. The van der Waals surface area contributed by atoms with Crippen LogP contribution in [0.25, 0.3) is 0 Å². The molecular weight excluding hydrogens is 868 g/mol. The fourth-order valence-electron chi connectivity index (χ4n) is 7.27. The van der Waals surface area contributed by atoms with Crippen LogP contribution in [0.3, 0.4) is 0 Å². The van der Waals surface area contributed by atoms with Crippen molar-refractivity contribution in [3.05, 3.63) is 0 Å². The van der Waals surface area contributed by atoms with Crippen LogP contribution in [-0.2, 0) is 47.6 Å². The number of hydrogen-bond donors (Lipinski definition) is 14. The first-order chi connectivity index (χ1) is 30.9. The number of ether oxygens (including phenoxy) is 6. The molecule has 16 atom stereocenters. The number of rotatable bonds is 28. The summed E-state index contributed by atoms with van der Waals surface area (Å²) >= 11 is 0.